The molecule has 4 aromatic rings. The third-order valence-corrected chi connectivity index (χ3v) is 6.64. The van der Waals surface area contributed by atoms with Crippen LogP contribution >= 0.6 is 0 Å². The minimum absolute atomic E-state index is 0.0659. The van der Waals surface area contributed by atoms with Crippen molar-refractivity contribution in [2.45, 2.75) is 44.3 Å². The molecule has 268 valence electrons. The second kappa shape index (κ2) is 15.7. The summed E-state index contributed by atoms with van der Waals surface area (Å²) < 4.78 is 203. The molecule has 0 saturated carbocycles. The second-order valence-corrected chi connectivity index (χ2v) is 10.4. The Hall–Kier alpha value is -5.38. The molecule has 0 spiro atoms. The number of hydrogen-bond acceptors (Lipinski definition) is 2. The lowest BCUT2D eigenvalue weighted by Crippen LogP contribution is -2.25. The maximum Gasteiger partial charge on any atom is 0.432 e. The van der Waals surface area contributed by atoms with E-state index in [0.717, 1.165) is 0 Å². The van der Waals surface area contributed by atoms with Gasteiger partial charge in [-0.25, -0.2) is 43.9 Å². The number of ether oxygens (including phenoxy) is 2. The molecule has 0 bridgehead atoms. The van der Waals surface area contributed by atoms with Crippen LogP contribution < -0.4 is 9.47 Å². The van der Waals surface area contributed by atoms with E-state index in [9.17, 15) is 61.5 Å². The Morgan fingerprint density at radius 3 is 1.00 bits per heavy atom. The van der Waals surface area contributed by atoms with Crippen molar-refractivity contribution in [3.05, 3.63) is 129 Å². The van der Waals surface area contributed by atoms with E-state index in [1.807, 2.05) is 0 Å². The van der Waals surface area contributed by atoms with Crippen molar-refractivity contribution in [1.82, 2.24) is 0 Å². The van der Waals surface area contributed by atoms with Gasteiger partial charge < -0.3 is 9.47 Å². The van der Waals surface area contributed by atoms with Crippen LogP contribution in [-0.2, 0) is 12.2 Å². The largest absolute Gasteiger partial charge is 0.432 e. The van der Waals surface area contributed by atoms with Crippen molar-refractivity contribution < 1.29 is 70.9 Å². The first-order valence-electron chi connectivity index (χ1n) is 14.3. The Balaban J connectivity index is 1.28. The van der Waals surface area contributed by atoms with E-state index in [2.05, 4.69) is 33.2 Å². The SMILES string of the molecule is Fc1cc(OC(F)(F)c2c(F)cc(C#CCCCCCC#Cc3cc(F)c(C(F)(F)Oc4cc(F)c(F)c(F)c4)c(F)c3)cc2F)cc(F)c1F. The van der Waals surface area contributed by atoms with Gasteiger partial charge in [0.1, 0.15) is 45.9 Å². The first-order chi connectivity index (χ1) is 23.9. The molecule has 0 N–H and O–H groups in total. The van der Waals surface area contributed by atoms with Gasteiger partial charge >= 0.3 is 12.2 Å². The third kappa shape index (κ3) is 9.45. The Morgan fingerprint density at radius 2 is 0.706 bits per heavy atom. The average molecular weight is 736 g/mol. The number of halogens is 14. The molecular formula is C35H18F14O2. The van der Waals surface area contributed by atoms with Gasteiger partial charge in [-0.2, -0.15) is 17.6 Å². The molecule has 0 atom stereocenters. The summed E-state index contributed by atoms with van der Waals surface area (Å²) >= 11 is 0. The molecule has 2 nitrogen and oxygen atoms in total. The van der Waals surface area contributed by atoms with Crippen LogP contribution in [0.25, 0.3) is 0 Å². The summed E-state index contributed by atoms with van der Waals surface area (Å²) in [6.45, 7) is 0. The van der Waals surface area contributed by atoms with Gasteiger partial charge in [0, 0.05) is 48.2 Å². The molecule has 0 aromatic heterocycles. The summed E-state index contributed by atoms with van der Waals surface area (Å²) in [5.41, 5.74) is -4.43. The molecule has 16 heteroatoms. The van der Waals surface area contributed by atoms with Crippen LogP contribution in [0.5, 0.6) is 11.5 Å². The lowest BCUT2D eigenvalue weighted by atomic mass is 10.1. The number of hydrogen-bond donors (Lipinski definition) is 0. The predicted molar refractivity (Wildman–Crippen MR) is 151 cm³/mol. The van der Waals surface area contributed by atoms with E-state index in [4.69, 9.17) is 0 Å². The van der Waals surface area contributed by atoms with Gasteiger partial charge in [-0.3, -0.25) is 0 Å². The molecule has 0 amide bonds. The van der Waals surface area contributed by atoms with E-state index in [0.29, 0.717) is 43.5 Å². The maximum atomic E-state index is 14.4. The van der Waals surface area contributed by atoms with Crippen LogP contribution in [0.2, 0.25) is 0 Å². The minimum Gasteiger partial charge on any atom is -0.429 e. The molecule has 4 rings (SSSR count). The Bertz CT molecular complexity index is 1830. The van der Waals surface area contributed by atoms with Gasteiger partial charge in [0.2, 0.25) is 0 Å². The standard InChI is InChI=1S/C35H18F14O2/c36-22-10-18(11-23(37)30(22)34(46,47)50-20-14-26(40)32(44)27(41)15-20)8-6-4-2-1-3-5-7-9-19-12-24(38)31(25(39)13-19)35(48,49)51-21-16-28(42)33(45)29(43)17-21/h10-17H,1-5H2. The monoisotopic (exact) mass is 736 g/mol. The zero-order valence-electron chi connectivity index (χ0n) is 25.3. The molecule has 0 unspecified atom stereocenters. The highest BCUT2D eigenvalue weighted by Gasteiger charge is 2.42. The first kappa shape index (κ1) is 38.4. The molecule has 51 heavy (non-hydrogen) atoms. The van der Waals surface area contributed by atoms with Gasteiger partial charge in [-0.15, -0.1) is 0 Å². The van der Waals surface area contributed by atoms with Crippen molar-refractivity contribution >= 4 is 0 Å². The predicted octanol–water partition coefficient (Wildman–Crippen LogP) is 10.7. The molecule has 0 aliphatic carbocycles. The average Bonchev–Trinajstić information content (AvgIpc) is 3.00. The van der Waals surface area contributed by atoms with E-state index in [1.54, 1.807) is 0 Å². The summed E-state index contributed by atoms with van der Waals surface area (Å²) in [5, 5.41) is 0. The van der Waals surface area contributed by atoms with Crippen molar-refractivity contribution in [2.24, 2.45) is 0 Å². The van der Waals surface area contributed by atoms with E-state index in [-0.39, 0.29) is 48.2 Å². The van der Waals surface area contributed by atoms with Crippen LogP contribution in [0.1, 0.15) is 54.4 Å². The van der Waals surface area contributed by atoms with Gasteiger partial charge in [-0.1, -0.05) is 30.1 Å². The number of unbranched alkanes of at least 4 members (excludes halogenated alkanes) is 4. The van der Waals surface area contributed by atoms with Crippen LogP contribution in [0.15, 0.2) is 48.5 Å². The summed E-state index contributed by atoms with van der Waals surface area (Å²) in [5.74, 6) is -11.1. The van der Waals surface area contributed by atoms with E-state index in [1.165, 1.54) is 0 Å². The van der Waals surface area contributed by atoms with Crippen LogP contribution in [0, 0.1) is 81.9 Å². The summed E-state index contributed by atoms with van der Waals surface area (Å²) in [6, 6.07) is 2.17. The van der Waals surface area contributed by atoms with Gasteiger partial charge in [0.25, 0.3) is 0 Å². The molecule has 0 radical (unpaired) electrons. The van der Waals surface area contributed by atoms with Gasteiger partial charge in [-0.05, 0) is 37.1 Å². The summed E-state index contributed by atoms with van der Waals surface area (Å²) in [7, 11) is 0. The zero-order chi connectivity index (χ0) is 37.7. The summed E-state index contributed by atoms with van der Waals surface area (Å²) in [4.78, 5) is 0. The topological polar surface area (TPSA) is 18.5 Å². The van der Waals surface area contributed by atoms with Gasteiger partial charge in [0.05, 0.1) is 0 Å². The van der Waals surface area contributed by atoms with Crippen molar-refractivity contribution in [3.8, 4) is 35.2 Å². The highest BCUT2D eigenvalue weighted by molar-refractivity contribution is 5.41. The van der Waals surface area contributed by atoms with E-state index < -0.39 is 93.0 Å². The molecular weight excluding hydrogens is 718 g/mol. The normalized spacial score (nSPS) is 11.4. The van der Waals surface area contributed by atoms with Crippen LogP contribution in [-0.4, -0.2) is 0 Å². The fraction of sp³-hybridized carbons (Fsp3) is 0.200. The second-order valence-electron chi connectivity index (χ2n) is 10.4. The molecule has 0 aliphatic heterocycles. The van der Waals surface area contributed by atoms with Crippen molar-refractivity contribution in [3.63, 3.8) is 0 Å². The molecule has 0 heterocycles. The Labute approximate surface area is 279 Å². The Morgan fingerprint density at radius 1 is 0.412 bits per heavy atom. The number of alkyl halides is 4. The number of rotatable bonds is 10. The third-order valence-electron chi connectivity index (χ3n) is 6.64. The molecule has 0 aliphatic rings. The lowest BCUT2D eigenvalue weighted by molar-refractivity contribution is -0.190. The molecule has 0 saturated heterocycles. The van der Waals surface area contributed by atoms with Crippen LogP contribution in [0.3, 0.4) is 0 Å². The quantitative estimate of drug-likeness (QED) is 0.0699. The zero-order valence-corrected chi connectivity index (χ0v) is 25.3. The fourth-order valence-corrected chi connectivity index (χ4v) is 4.36. The molecule has 0 fully saturated rings. The van der Waals surface area contributed by atoms with Crippen molar-refractivity contribution in [2.75, 3.05) is 0 Å². The number of benzene rings is 4. The van der Waals surface area contributed by atoms with Gasteiger partial charge in [0.15, 0.2) is 34.9 Å². The first-order valence-corrected chi connectivity index (χ1v) is 14.3. The van der Waals surface area contributed by atoms with Crippen LogP contribution in [0.4, 0.5) is 61.5 Å². The fourth-order valence-electron chi connectivity index (χ4n) is 4.36. The maximum absolute atomic E-state index is 14.4. The highest BCUT2D eigenvalue weighted by atomic mass is 19.3. The minimum atomic E-state index is -4.76. The summed E-state index contributed by atoms with van der Waals surface area (Å²) in [6.07, 6.45) is -7.85. The molecule has 4 aromatic carbocycles. The highest BCUT2D eigenvalue weighted by Crippen LogP contribution is 2.37. The smallest absolute Gasteiger partial charge is 0.429 e. The van der Waals surface area contributed by atoms with Crippen molar-refractivity contribution in [1.29, 1.82) is 0 Å². The van der Waals surface area contributed by atoms with E-state index >= 15 is 0 Å². The lowest BCUT2D eigenvalue weighted by Gasteiger charge is -2.19. The Kier molecular flexibility index (Phi) is 11.8.